The van der Waals surface area contributed by atoms with Gasteiger partial charge in [-0.2, -0.15) is 0 Å². The first kappa shape index (κ1) is 21.6. The molecule has 0 radical (unpaired) electrons. The molecule has 2 fully saturated rings. The molecule has 6 nitrogen and oxygen atoms in total. The van der Waals surface area contributed by atoms with E-state index in [2.05, 4.69) is 30.1 Å². The second-order valence-corrected chi connectivity index (χ2v) is 8.51. The number of nitrogens with zero attached hydrogens (tertiary/aromatic N) is 2. The first-order valence-corrected chi connectivity index (χ1v) is 11.0. The molecule has 3 rings (SSSR count). The molecule has 0 unspecified atom stereocenters. The van der Waals surface area contributed by atoms with Crippen molar-refractivity contribution in [3.05, 3.63) is 29.8 Å². The molecule has 0 aromatic heterocycles. The summed E-state index contributed by atoms with van der Waals surface area (Å²) in [4.78, 5) is 28.9. The van der Waals surface area contributed by atoms with E-state index in [1.807, 2.05) is 23.1 Å². The number of piperazine rings is 1. The molecule has 0 bridgehead atoms. The molecule has 6 heteroatoms. The number of rotatable bonds is 8. The van der Waals surface area contributed by atoms with E-state index >= 15 is 0 Å². The van der Waals surface area contributed by atoms with Gasteiger partial charge in [0.15, 0.2) is 6.61 Å². The lowest BCUT2D eigenvalue weighted by molar-refractivity contribution is -0.137. The van der Waals surface area contributed by atoms with Crippen LogP contribution in [-0.4, -0.2) is 67.5 Å². The summed E-state index contributed by atoms with van der Waals surface area (Å²) in [6, 6.07) is 7.90. The van der Waals surface area contributed by atoms with E-state index in [9.17, 15) is 9.59 Å². The molecule has 1 aromatic rings. The molecule has 160 valence electrons. The standard InChI is InChI=1S/C23H35N3O3/c1-18(2)20-8-5-9-21(16-20)29-17-22(27)24-10-11-25-12-14-26(15-13-25)23(28)19-6-3-4-7-19/h5,8-9,16,18-19H,3-4,6-7,10-15,17H2,1-2H3,(H,24,27). The van der Waals surface area contributed by atoms with E-state index < -0.39 is 0 Å². The predicted molar refractivity (Wildman–Crippen MR) is 114 cm³/mol. The average molecular weight is 402 g/mol. The second-order valence-electron chi connectivity index (χ2n) is 8.51. The van der Waals surface area contributed by atoms with Crippen LogP contribution in [0.3, 0.4) is 0 Å². The Bertz CT molecular complexity index is 678. The number of hydrogen-bond acceptors (Lipinski definition) is 4. The molecule has 2 aliphatic rings. The molecule has 1 saturated heterocycles. The maximum absolute atomic E-state index is 12.5. The maximum atomic E-state index is 12.5. The molecule has 29 heavy (non-hydrogen) atoms. The highest BCUT2D eigenvalue weighted by atomic mass is 16.5. The summed E-state index contributed by atoms with van der Waals surface area (Å²) < 4.78 is 5.62. The number of nitrogens with one attached hydrogen (secondary N) is 1. The summed E-state index contributed by atoms with van der Waals surface area (Å²) in [6.45, 7) is 9.08. The van der Waals surface area contributed by atoms with Crippen molar-refractivity contribution in [1.29, 1.82) is 0 Å². The lowest BCUT2D eigenvalue weighted by atomic mass is 10.0. The Hall–Kier alpha value is -2.08. The fourth-order valence-electron chi connectivity index (χ4n) is 4.14. The number of ether oxygens (including phenoxy) is 1. The minimum Gasteiger partial charge on any atom is -0.484 e. The molecule has 0 atom stereocenters. The van der Waals surface area contributed by atoms with Crippen molar-refractivity contribution in [3.63, 3.8) is 0 Å². The molecule has 2 amide bonds. The molecule has 1 saturated carbocycles. The second kappa shape index (κ2) is 10.6. The maximum Gasteiger partial charge on any atom is 0.257 e. The number of hydrogen-bond donors (Lipinski definition) is 1. The fourth-order valence-corrected chi connectivity index (χ4v) is 4.14. The summed E-state index contributed by atoms with van der Waals surface area (Å²) in [6.07, 6.45) is 4.52. The van der Waals surface area contributed by atoms with Crippen LogP contribution in [0.2, 0.25) is 0 Å². The van der Waals surface area contributed by atoms with Gasteiger partial charge >= 0.3 is 0 Å². The monoisotopic (exact) mass is 401 g/mol. The Labute approximate surface area is 174 Å². The van der Waals surface area contributed by atoms with Crippen molar-refractivity contribution in [2.75, 3.05) is 45.9 Å². The van der Waals surface area contributed by atoms with Crippen molar-refractivity contribution in [3.8, 4) is 5.75 Å². The van der Waals surface area contributed by atoms with Crippen LogP contribution < -0.4 is 10.1 Å². The van der Waals surface area contributed by atoms with Crippen LogP contribution >= 0.6 is 0 Å². The van der Waals surface area contributed by atoms with Gasteiger partial charge in [-0.3, -0.25) is 14.5 Å². The molecule has 0 spiro atoms. The summed E-state index contributed by atoms with van der Waals surface area (Å²) in [5, 5.41) is 2.93. The van der Waals surface area contributed by atoms with Gasteiger partial charge in [-0.15, -0.1) is 0 Å². The van der Waals surface area contributed by atoms with Gasteiger partial charge in [0.1, 0.15) is 5.75 Å². The Morgan fingerprint density at radius 2 is 1.86 bits per heavy atom. The number of carbonyl (C=O) groups is 2. The zero-order valence-corrected chi connectivity index (χ0v) is 17.9. The van der Waals surface area contributed by atoms with Crippen LogP contribution in [0, 0.1) is 5.92 Å². The van der Waals surface area contributed by atoms with Crippen molar-refractivity contribution in [2.45, 2.75) is 45.4 Å². The first-order chi connectivity index (χ1) is 14.0. The Kier molecular flexibility index (Phi) is 7.92. The summed E-state index contributed by atoms with van der Waals surface area (Å²) in [5.41, 5.74) is 1.20. The molecule has 1 N–H and O–H groups in total. The van der Waals surface area contributed by atoms with E-state index in [4.69, 9.17) is 4.74 Å². The lowest BCUT2D eigenvalue weighted by Crippen LogP contribution is -2.51. The van der Waals surface area contributed by atoms with E-state index in [0.29, 0.717) is 18.4 Å². The zero-order valence-electron chi connectivity index (χ0n) is 17.9. The molecule has 1 aromatic carbocycles. The van der Waals surface area contributed by atoms with Crippen LogP contribution in [0.4, 0.5) is 0 Å². The fraction of sp³-hybridized carbons (Fsp3) is 0.652. The van der Waals surface area contributed by atoms with Gasteiger partial charge in [-0.1, -0.05) is 38.8 Å². The minimum absolute atomic E-state index is 0.0330. The third kappa shape index (κ3) is 6.46. The van der Waals surface area contributed by atoms with Gasteiger partial charge in [0.2, 0.25) is 5.91 Å². The summed E-state index contributed by atoms with van der Waals surface area (Å²) in [7, 11) is 0. The molecule has 1 heterocycles. The molecule has 1 aliphatic carbocycles. The lowest BCUT2D eigenvalue weighted by Gasteiger charge is -2.36. The van der Waals surface area contributed by atoms with Crippen molar-refractivity contribution in [2.24, 2.45) is 5.92 Å². The number of carbonyl (C=O) groups excluding carboxylic acids is 2. The topological polar surface area (TPSA) is 61.9 Å². The van der Waals surface area contributed by atoms with E-state index in [-0.39, 0.29) is 18.4 Å². The van der Waals surface area contributed by atoms with Crippen LogP contribution in [-0.2, 0) is 9.59 Å². The first-order valence-electron chi connectivity index (χ1n) is 11.0. The van der Waals surface area contributed by atoms with Gasteiger partial charge < -0.3 is 15.0 Å². The zero-order chi connectivity index (χ0) is 20.6. The van der Waals surface area contributed by atoms with Crippen molar-refractivity contribution < 1.29 is 14.3 Å². The normalized spacial score (nSPS) is 18.2. The third-order valence-electron chi connectivity index (χ3n) is 6.03. The van der Waals surface area contributed by atoms with E-state index in [1.54, 1.807) is 0 Å². The smallest absolute Gasteiger partial charge is 0.257 e. The van der Waals surface area contributed by atoms with E-state index in [0.717, 1.165) is 51.3 Å². The van der Waals surface area contributed by atoms with Crippen LogP contribution in [0.1, 0.15) is 51.0 Å². The van der Waals surface area contributed by atoms with Gasteiger partial charge in [0.25, 0.3) is 5.91 Å². The van der Waals surface area contributed by atoms with Crippen molar-refractivity contribution in [1.82, 2.24) is 15.1 Å². The van der Waals surface area contributed by atoms with Gasteiger partial charge in [0, 0.05) is 45.2 Å². The average Bonchev–Trinajstić information content (AvgIpc) is 3.27. The minimum atomic E-state index is -0.102. The Morgan fingerprint density at radius 1 is 1.14 bits per heavy atom. The van der Waals surface area contributed by atoms with Gasteiger partial charge in [-0.05, 0) is 36.5 Å². The SMILES string of the molecule is CC(C)c1cccc(OCC(=O)NCCN2CCN(C(=O)C3CCCC3)CC2)c1. The Morgan fingerprint density at radius 3 is 2.55 bits per heavy atom. The van der Waals surface area contributed by atoms with E-state index in [1.165, 1.54) is 18.4 Å². The number of benzene rings is 1. The van der Waals surface area contributed by atoms with Crippen LogP contribution in [0.25, 0.3) is 0 Å². The highest BCUT2D eigenvalue weighted by Crippen LogP contribution is 2.26. The summed E-state index contributed by atoms with van der Waals surface area (Å²) in [5.74, 6) is 1.68. The third-order valence-corrected chi connectivity index (χ3v) is 6.03. The molecular formula is C23H35N3O3. The predicted octanol–water partition coefficient (Wildman–Crippen LogP) is 2.64. The van der Waals surface area contributed by atoms with Gasteiger partial charge in [0.05, 0.1) is 0 Å². The highest BCUT2D eigenvalue weighted by Gasteiger charge is 2.29. The quantitative estimate of drug-likeness (QED) is 0.727. The van der Waals surface area contributed by atoms with Crippen LogP contribution in [0.15, 0.2) is 24.3 Å². The Balaban J connectivity index is 1.30. The van der Waals surface area contributed by atoms with Crippen molar-refractivity contribution >= 4 is 11.8 Å². The highest BCUT2D eigenvalue weighted by molar-refractivity contribution is 5.79. The molecule has 1 aliphatic heterocycles. The largest absolute Gasteiger partial charge is 0.484 e. The van der Waals surface area contributed by atoms with Gasteiger partial charge in [-0.25, -0.2) is 0 Å². The summed E-state index contributed by atoms with van der Waals surface area (Å²) >= 11 is 0. The number of amides is 2. The molecular weight excluding hydrogens is 366 g/mol. The van der Waals surface area contributed by atoms with Crippen LogP contribution in [0.5, 0.6) is 5.75 Å².